The highest BCUT2D eigenvalue weighted by Crippen LogP contribution is 2.30. The van der Waals surface area contributed by atoms with E-state index in [1.54, 1.807) is 19.1 Å². The fourth-order valence-corrected chi connectivity index (χ4v) is 2.42. The summed E-state index contributed by atoms with van der Waals surface area (Å²) in [7, 11) is 0. The van der Waals surface area contributed by atoms with Crippen molar-refractivity contribution in [3.63, 3.8) is 0 Å². The third kappa shape index (κ3) is 3.59. The zero-order valence-electron chi connectivity index (χ0n) is 9.54. The molecule has 18 heavy (non-hydrogen) atoms. The monoisotopic (exact) mass is 372 g/mol. The minimum absolute atomic E-state index is 0.0552. The summed E-state index contributed by atoms with van der Waals surface area (Å²) in [5, 5.41) is 8.91. The van der Waals surface area contributed by atoms with Gasteiger partial charge in [-0.15, -0.1) is 0 Å². The lowest BCUT2D eigenvalue weighted by atomic mass is 10.1. The van der Waals surface area contributed by atoms with Crippen molar-refractivity contribution in [2.75, 3.05) is 12.3 Å². The van der Waals surface area contributed by atoms with Gasteiger partial charge in [0.2, 0.25) is 0 Å². The van der Waals surface area contributed by atoms with Crippen LogP contribution >= 0.6 is 31.9 Å². The number of benzene rings is 1. The van der Waals surface area contributed by atoms with Gasteiger partial charge in [0.1, 0.15) is 11.6 Å². The normalized spacial score (nSPS) is 10.9. The number of anilines is 1. The molecule has 0 heterocycles. The van der Waals surface area contributed by atoms with Crippen LogP contribution in [-0.4, -0.2) is 12.6 Å². The zero-order valence-corrected chi connectivity index (χ0v) is 12.7. The van der Waals surface area contributed by atoms with E-state index >= 15 is 0 Å². The number of hydrogen-bond donors (Lipinski definition) is 1. The average Bonchev–Trinajstić information content (AvgIpc) is 2.33. The summed E-state index contributed by atoms with van der Waals surface area (Å²) in [5.74, 6) is -0.635. The summed E-state index contributed by atoms with van der Waals surface area (Å²) in [6.45, 7) is 1.91. The number of nitrogens with zero attached hydrogens (tertiary/aromatic N) is 1. The van der Waals surface area contributed by atoms with Crippen LogP contribution in [-0.2, 0) is 9.53 Å². The van der Waals surface area contributed by atoms with E-state index in [0.717, 1.165) is 0 Å². The third-order valence-electron chi connectivity index (χ3n) is 2.03. The van der Waals surface area contributed by atoms with Gasteiger partial charge in [-0.2, -0.15) is 5.26 Å². The molecule has 94 valence electrons. The second-order valence-corrected chi connectivity index (χ2v) is 5.00. The van der Waals surface area contributed by atoms with Crippen molar-refractivity contribution in [2.24, 2.45) is 0 Å². The fraction of sp³-hybridized carbons (Fsp3) is 0.167. The summed E-state index contributed by atoms with van der Waals surface area (Å²) >= 11 is 6.59. The molecular weight excluding hydrogens is 364 g/mol. The number of halogens is 2. The van der Waals surface area contributed by atoms with Crippen molar-refractivity contribution < 1.29 is 9.53 Å². The number of ether oxygens (including phenoxy) is 1. The second kappa shape index (κ2) is 6.57. The summed E-state index contributed by atoms with van der Waals surface area (Å²) in [6.07, 6.45) is 1.45. The molecule has 0 unspecified atom stereocenters. The summed E-state index contributed by atoms with van der Waals surface area (Å²) in [4.78, 5) is 11.5. The Balaban J connectivity index is 3.15. The molecule has 0 fully saturated rings. The van der Waals surface area contributed by atoms with Crippen LogP contribution in [0.25, 0.3) is 6.08 Å². The number of nitrogen functional groups attached to an aromatic ring is 1. The lowest BCUT2D eigenvalue weighted by Gasteiger charge is -2.04. The number of hydrogen-bond acceptors (Lipinski definition) is 4. The van der Waals surface area contributed by atoms with Crippen molar-refractivity contribution in [3.05, 3.63) is 32.2 Å². The lowest BCUT2D eigenvalue weighted by Crippen LogP contribution is -2.06. The molecule has 6 heteroatoms. The molecule has 0 aliphatic heterocycles. The second-order valence-electron chi connectivity index (χ2n) is 3.29. The van der Waals surface area contributed by atoms with Gasteiger partial charge in [0.25, 0.3) is 0 Å². The van der Waals surface area contributed by atoms with E-state index in [1.807, 2.05) is 6.07 Å². The quantitative estimate of drug-likeness (QED) is 0.382. The van der Waals surface area contributed by atoms with E-state index in [-0.39, 0.29) is 12.2 Å². The van der Waals surface area contributed by atoms with Crippen LogP contribution in [0.2, 0.25) is 0 Å². The van der Waals surface area contributed by atoms with Crippen LogP contribution in [0.3, 0.4) is 0 Å². The highest BCUT2D eigenvalue weighted by molar-refractivity contribution is 9.11. The molecule has 0 saturated carbocycles. The lowest BCUT2D eigenvalue weighted by molar-refractivity contribution is -0.137. The molecule has 0 radical (unpaired) electrons. The van der Waals surface area contributed by atoms with Crippen LogP contribution in [0.4, 0.5) is 5.69 Å². The van der Waals surface area contributed by atoms with E-state index in [4.69, 9.17) is 15.7 Å². The first-order valence-corrected chi connectivity index (χ1v) is 6.61. The molecule has 1 aromatic rings. The predicted octanol–water partition coefficient (Wildman–Crippen LogP) is 3.26. The standard InChI is InChI=1S/C12H10Br2N2O2/c1-2-18-12(17)8(6-15)3-7-4-9(13)11(16)10(14)5-7/h3-5H,2,16H2,1H3. The highest BCUT2D eigenvalue weighted by Gasteiger charge is 2.10. The van der Waals surface area contributed by atoms with Crippen molar-refractivity contribution in [2.45, 2.75) is 6.92 Å². The molecule has 0 spiro atoms. The molecule has 0 aromatic heterocycles. The molecule has 4 nitrogen and oxygen atoms in total. The Bertz CT molecular complexity index is 524. The van der Waals surface area contributed by atoms with E-state index in [0.29, 0.717) is 20.2 Å². The molecule has 0 atom stereocenters. The average molecular weight is 374 g/mol. The summed E-state index contributed by atoms with van der Waals surface area (Å²) in [6, 6.07) is 5.25. The van der Waals surface area contributed by atoms with Gasteiger partial charge >= 0.3 is 5.97 Å². The number of nitrogens with two attached hydrogens (primary N) is 1. The molecule has 1 aromatic carbocycles. The van der Waals surface area contributed by atoms with Gasteiger partial charge in [-0.25, -0.2) is 4.79 Å². The van der Waals surface area contributed by atoms with Crippen LogP contribution in [0.1, 0.15) is 12.5 Å². The van der Waals surface area contributed by atoms with Gasteiger partial charge < -0.3 is 10.5 Å². The maximum Gasteiger partial charge on any atom is 0.348 e. The van der Waals surface area contributed by atoms with Crippen LogP contribution in [0, 0.1) is 11.3 Å². The van der Waals surface area contributed by atoms with Crippen molar-refractivity contribution in [3.8, 4) is 6.07 Å². The Labute approximate surface area is 122 Å². The number of esters is 1. The number of nitriles is 1. The van der Waals surface area contributed by atoms with Crippen molar-refractivity contribution in [1.29, 1.82) is 5.26 Å². The summed E-state index contributed by atoms with van der Waals surface area (Å²) in [5.41, 5.74) is 6.93. The minimum Gasteiger partial charge on any atom is -0.462 e. The third-order valence-corrected chi connectivity index (χ3v) is 3.34. The van der Waals surface area contributed by atoms with Gasteiger partial charge in [0.05, 0.1) is 12.3 Å². The maximum atomic E-state index is 11.5. The SMILES string of the molecule is CCOC(=O)C(C#N)=Cc1cc(Br)c(N)c(Br)c1. The Hall–Kier alpha value is -1.32. The Morgan fingerprint density at radius 2 is 2.06 bits per heavy atom. The zero-order chi connectivity index (χ0) is 13.7. The maximum absolute atomic E-state index is 11.5. The van der Waals surface area contributed by atoms with Gasteiger partial charge in [-0.3, -0.25) is 0 Å². The van der Waals surface area contributed by atoms with Crippen LogP contribution < -0.4 is 5.73 Å². The summed E-state index contributed by atoms with van der Waals surface area (Å²) < 4.78 is 6.14. The first-order chi connectivity index (χ1) is 8.49. The van der Waals surface area contributed by atoms with Gasteiger partial charge in [-0.05, 0) is 62.6 Å². The van der Waals surface area contributed by atoms with E-state index in [2.05, 4.69) is 31.9 Å². The van der Waals surface area contributed by atoms with Crippen LogP contribution in [0.5, 0.6) is 0 Å². The first-order valence-electron chi connectivity index (χ1n) is 5.03. The molecule has 1 rings (SSSR count). The molecule has 0 aliphatic rings. The largest absolute Gasteiger partial charge is 0.462 e. The van der Waals surface area contributed by atoms with Crippen molar-refractivity contribution in [1.82, 2.24) is 0 Å². The predicted molar refractivity (Wildman–Crippen MR) is 76.5 cm³/mol. The van der Waals surface area contributed by atoms with Crippen LogP contribution in [0.15, 0.2) is 26.7 Å². The molecular formula is C12H10Br2N2O2. The molecule has 0 bridgehead atoms. The van der Waals surface area contributed by atoms with Gasteiger partial charge in [0, 0.05) is 8.95 Å². The smallest absolute Gasteiger partial charge is 0.348 e. The Morgan fingerprint density at radius 1 is 1.50 bits per heavy atom. The van der Waals surface area contributed by atoms with E-state index in [1.165, 1.54) is 6.08 Å². The van der Waals surface area contributed by atoms with Crippen molar-refractivity contribution >= 4 is 49.6 Å². The molecule has 2 N–H and O–H groups in total. The minimum atomic E-state index is -0.635. The molecule has 0 aliphatic carbocycles. The number of carbonyl (C=O) groups excluding carboxylic acids is 1. The van der Waals surface area contributed by atoms with E-state index in [9.17, 15) is 4.79 Å². The molecule has 0 amide bonds. The fourth-order valence-electron chi connectivity index (χ4n) is 1.20. The van der Waals surface area contributed by atoms with Gasteiger partial charge in [0.15, 0.2) is 0 Å². The number of carbonyl (C=O) groups is 1. The topological polar surface area (TPSA) is 76.1 Å². The number of rotatable bonds is 3. The Morgan fingerprint density at radius 3 is 2.50 bits per heavy atom. The molecule has 0 saturated heterocycles. The highest BCUT2D eigenvalue weighted by atomic mass is 79.9. The Kier molecular flexibility index (Phi) is 5.38. The first kappa shape index (κ1) is 14.7. The van der Waals surface area contributed by atoms with E-state index < -0.39 is 5.97 Å². The van der Waals surface area contributed by atoms with Gasteiger partial charge in [-0.1, -0.05) is 0 Å².